The van der Waals surface area contributed by atoms with Crippen molar-refractivity contribution >= 4 is 0 Å². The van der Waals surface area contributed by atoms with Crippen LogP contribution in [0, 0.1) is 17.8 Å². The molecule has 1 N–H and O–H groups in total. The SMILES string of the molecule is CCC1CCC(CN2CCNC(C3CC3)C2)CC1. The van der Waals surface area contributed by atoms with Crippen molar-refractivity contribution in [3.63, 3.8) is 0 Å². The van der Waals surface area contributed by atoms with Gasteiger partial charge >= 0.3 is 0 Å². The van der Waals surface area contributed by atoms with Crippen LogP contribution in [-0.2, 0) is 0 Å². The largest absolute Gasteiger partial charge is 0.311 e. The third-order valence-corrected chi connectivity index (χ3v) is 5.54. The summed E-state index contributed by atoms with van der Waals surface area (Å²) in [7, 11) is 0. The molecule has 3 rings (SSSR count). The van der Waals surface area contributed by atoms with E-state index in [0.717, 1.165) is 23.8 Å². The molecule has 0 radical (unpaired) electrons. The molecular formula is C16H30N2. The highest BCUT2D eigenvalue weighted by molar-refractivity contribution is 4.91. The van der Waals surface area contributed by atoms with Crippen molar-refractivity contribution in [1.29, 1.82) is 0 Å². The molecule has 1 heterocycles. The van der Waals surface area contributed by atoms with Gasteiger partial charge in [-0.25, -0.2) is 0 Å². The molecular weight excluding hydrogens is 220 g/mol. The first-order valence-corrected chi connectivity index (χ1v) is 8.31. The summed E-state index contributed by atoms with van der Waals surface area (Å²) < 4.78 is 0. The molecule has 1 unspecified atom stereocenters. The number of rotatable bonds is 4. The fraction of sp³-hybridized carbons (Fsp3) is 1.00. The summed E-state index contributed by atoms with van der Waals surface area (Å²) in [6.45, 7) is 7.60. The zero-order chi connectivity index (χ0) is 12.4. The smallest absolute Gasteiger partial charge is 0.0223 e. The minimum absolute atomic E-state index is 0.825. The number of hydrogen-bond acceptors (Lipinski definition) is 2. The van der Waals surface area contributed by atoms with Crippen LogP contribution in [0.3, 0.4) is 0 Å². The minimum Gasteiger partial charge on any atom is -0.311 e. The van der Waals surface area contributed by atoms with Crippen molar-refractivity contribution in [3.05, 3.63) is 0 Å². The van der Waals surface area contributed by atoms with Gasteiger partial charge in [-0.15, -0.1) is 0 Å². The average Bonchev–Trinajstić information content (AvgIpc) is 3.24. The Morgan fingerprint density at radius 3 is 2.39 bits per heavy atom. The van der Waals surface area contributed by atoms with Crippen LogP contribution < -0.4 is 5.32 Å². The normalized spacial score (nSPS) is 38.8. The highest BCUT2D eigenvalue weighted by Gasteiger charge is 2.34. The predicted molar refractivity (Wildman–Crippen MR) is 76.7 cm³/mol. The van der Waals surface area contributed by atoms with E-state index in [1.54, 1.807) is 0 Å². The lowest BCUT2D eigenvalue weighted by molar-refractivity contribution is 0.138. The van der Waals surface area contributed by atoms with Gasteiger partial charge in [0.15, 0.2) is 0 Å². The van der Waals surface area contributed by atoms with Gasteiger partial charge < -0.3 is 10.2 Å². The van der Waals surface area contributed by atoms with Gasteiger partial charge in [-0.05, 0) is 43.4 Å². The minimum atomic E-state index is 0.825. The van der Waals surface area contributed by atoms with Crippen LogP contribution in [0.4, 0.5) is 0 Å². The molecule has 1 atom stereocenters. The maximum Gasteiger partial charge on any atom is 0.0223 e. The van der Waals surface area contributed by atoms with E-state index in [9.17, 15) is 0 Å². The van der Waals surface area contributed by atoms with E-state index in [0.29, 0.717) is 0 Å². The fourth-order valence-corrected chi connectivity index (χ4v) is 4.01. The molecule has 0 spiro atoms. The predicted octanol–water partition coefficient (Wildman–Crippen LogP) is 2.89. The fourth-order valence-electron chi connectivity index (χ4n) is 4.01. The van der Waals surface area contributed by atoms with E-state index in [1.165, 1.54) is 71.1 Å². The molecule has 0 aromatic heterocycles. The molecule has 3 aliphatic rings. The van der Waals surface area contributed by atoms with Gasteiger partial charge in [-0.1, -0.05) is 26.2 Å². The summed E-state index contributed by atoms with van der Waals surface area (Å²) in [6, 6.07) is 0.825. The second-order valence-corrected chi connectivity index (χ2v) is 6.95. The van der Waals surface area contributed by atoms with Gasteiger partial charge in [0.2, 0.25) is 0 Å². The van der Waals surface area contributed by atoms with Crippen molar-refractivity contribution in [3.8, 4) is 0 Å². The third kappa shape index (κ3) is 3.27. The molecule has 0 aromatic rings. The maximum atomic E-state index is 3.72. The van der Waals surface area contributed by atoms with Crippen molar-refractivity contribution < 1.29 is 0 Å². The van der Waals surface area contributed by atoms with Crippen molar-refractivity contribution in [2.45, 2.75) is 57.9 Å². The zero-order valence-electron chi connectivity index (χ0n) is 12.0. The summed E-state index contributed by atoms with van der Waals surface area (Å²) in [4.78, 5) is 2.76. The molecule has 0 aromatic carbocycles. The van der Waals surface area contributed by atoms with Crippen LogP contribution in [0.5, 0.6) is 0 Å². The van der Waals surface area contributed by atoms with Crippen molar-refractivity contribution in [2.24, 2.45) is 17.8 Å². The molecule has 2 nitrogen and oxygen atoms in total. The molecule has 0 amide bonds. The van der Waals surface area contributed by atoms with Crippen LogP contribution in [0.2, 0.25) is 0 Å². The lowest BCUT2D eigenvalue weighted by Gasteiger charge is -2.37. The van der Waals surface area contributed by atoms with E-state index >= 15 is 0 Å². The number of nitrogens with zero attached hydrogens (tertiary/aromatic N) is 1. The molecule has 2 saturated carbocycles. The Bertz CT molecular complexity index is 254. The van der Waals surface area contributed by atoms with Crippen molar-refractivity contribution in [1.82, 2.24) is 10.2 Å². The molecule has 18 heavy (non-hydrogen) atoms. The van der Waals surface area contributed by atoms with E-state index in [1.807, 2.05) is 0 Å². The summed E-state index contributed by atoms with van der Waals surface area (Å²) in [5.41, 5.74) is 0. The Labute approximate surface area is 113 Å². The zero-order valence-corrected chi connectivity index (χ0v) is 12.0. The monoisotopic (exact) mass is 250 g/mol. The van der Waals surface area contributed by atoms with E-state index in [4.69, 9.17) is 0 Å². The Morgan fingerprint density at radius 2 is 1.72 bits per heavy atom. The van der Waals surface area contributed by atoms with Crippen LogP contribution in [-0.4, -0.2) is 37.1 Å². The maximum absolute atomic E-state index is 3.72. The second-order valence-electron chi connectivity index (χ2n) is 6.95. The number of hydrogen-bond donors (Lipinski definition) is 1. The molecule has 2 heteroatoms. The lowest BCUT2D eigenvalue weighted by atomic mass is 9.80. The van der Waals surface area contributed by atoms with Crippen molar-refractivity contribution in [2.75, 3.05) is 26.2 Å². The molecule has 0 bridgehead atoms. The first-order valence-electron chi connectivity index (χ1n) is 8.31. The van der Waals surface area contributed by atoms with Crippen LogP contribution in [0.15, 0.2) is 0 Å². The lowest BCUT2D eigenvalue weighted by Crippen LogP contribution is -2.52. The molecule has 104 valence electrons. The van der Waals surface area contributed by atoms with Crippen LogP contribution in [0.25, 0.3) is 0 Å². The van der Waals surface area contributed by atoms with Gasteiger partial charge in [0.25, 0.3) is 0 Å². The van der Waals surface area contributed by atoms with Crippen LogP contribution in [0.1, 0.15) is 51.9 Å². The summed E-state index contributed by atoms with van der Waals surface area (Å²) in [6.07, 6.45) is 10.4. The Morgan fingerprint density at radius 1 is 1.00 bits per heavy atom. The molecule has 2 aliphatic carbocycles. The molecule has 3 fully saturated rings. The third-order valence-electron chi connectivity index (χ3n) is 5.54. The van der Waals surface area contributed by atoms with E-state index in [2.05, 4.69) is 17.1 Å². The topological polar surface area (TPSA) is 15.3 Å². The van der Waals surface area contributed by atoms with Crippen LogP contribution >= 0.6 is 0 Å². The van der Waals surface area contributed by atoms with Gasteiger partial charge in [0, 0.05) is 32.2 Å². The highest BCUT2D eigenvalue weighted by atomic mass is 15.2. The number of piperazine rings is 1. The summed E-state index contributed by atoms with van der Waals surface area (Å²) in [5.74, 6) is 3.07. The first kappa shape index (κ1) is 12.9. The average molecular weight is 250 g/mol. The standard InChI is InChI=1S/C16H30N2/c1-2-13-3-5-14(6-4-13)11-18-10-9-17-16(12-18)15-7-8-15/h13-17H,2-12H2,1H3. The molecule has 1 saturated heterocycles. The Balaban J connectivity index is 1.42. The Kier molecular flexibility index (Phi) is 4.25. The Hall–Kier alpha value is -0.0800. The summed E-state index contributed by atoms with van der Waals surface area (Å²) >= 11 is 0. The van der Waals surface area contributed by atoms with Gasteiger partial charge in [-0.3, -0.25) is 0 Å². The highest BCUT2D eigenvalue weighted by Crippen LogP contribution is 2.35. The van der Waals surface area contributed by atoms with Gasteiger partial charge in [0.05, 0.1) is 0 Å². The number of nitrogens with one attached hydrogen (secondary N) is 1. The summed E-state index contributed by atoms with van der Waals surface area (Å²) in [5, 5.41) is 3.72. The second kappa shape index (κ2) is 5.92. The van der Waals surface area contributed by atoms with Gasteiger partial charge in [-0.2, -0.15) is 0 Å². The quantitative estimate of drug-likeness (QED) is 0.825. The van der Waals surface area contributed by atoms with E-state index < -0.39 is 0 Å². The first-order chi connectivity index (χ1) is 8.85. The van der Waals surface area contributed by atoms with E-state index in [-0.39, 0.29) is 0 Å². The van der Waals surface area contributed by atoms with Gasteiger partial charge in [0.1, 0.15) is 0 Å². The molecule has 1 aliphatic heterocycles.